The molecule has 4 rings (SSSR count). The average molecular weight is 358 g/mol. The second kappa shape index (κ2) is 6.46. The van der Waals surface area contributed by atoms with Crippen molar-refractivity contribution in [3.63, 3.8) is 0 Å². The highest BCUT2D eigenvalue weighted by molar-refractivity contribution is 5.90. The Bertz CT molecular complexity index is 1190. The fourth-order valence-electron chi connectivity index (χ4n) is 3.18. The molecule has 0 saturated heterocycles. The fraction of sp³-hybridized carbons (Fsp3) is 0. The summed E-state index contributed by atoms with van der Waals surface area (Å²) >= 11 is 0. The van der Waals surface area contributed by atoms with Crippen LogP contribution in [0.15, 0.2) is 54.6 Å². The third-order valence-electron chi connectivity index (χ3n) is 4.35. The Morgan fingerprint density at radius 1 is 0.926 bits per heavy atom. The molecule has 1 aliphatic heterocycles. The van der Waals surface area contributed by atoms with Crippen LogP contribution in [-0.4, -0.2) is 17.9 Å². The third kappa shape index (κ3) is 2.85. The molecule has 132 valence electrons. The van der Waals surface area contributed by atoms with Crippen LogP contribution in [0.1, 0.15) is 21.5 Å². The molecule has 0 bridgehead atoms. The summed E-state index contributed by atoms with van der Waals surface area (Å²) < 4.78 is 11.1. The smallest absolute Gasteiger partial charge is 0.298 e. The SMILES string of the molecule is C=c1ccc2c(c1)Oc1cc(O)ccc1C=2c1cc(C=O)ccc1OC=O. The first-order valence-corrected chi connectivity index (χ1v) is 8.15. The van der Waals surface area contributed by atoms with Gasteiger partial charge in [0.2, 0.25) is 0 Å². The van der Waals surface area contributed by atoms with Gasteiger partial charge in [-0.25, -0.2) is 0 Å². The van der Waals surface area contributed by atoms with Crippen LogP contribution >= 0.6 is 0 Å². The van der Waals surface area contributed by atoms with Crippen LogP contribution in [0.25, 0.3) is 12.2 Å². The van der Waals surface area contributed by atoms with Gasteiger partial charge in [-0.3, -0.25) is 9.59 Å². The van der Waals surface area contributed by atoms with E-state index in [1.54, 1.807) is 36.4 Å². The van der Waals surface area contributed by atoms with Crippen molar-refractivity contribution in [2.75, 3.05) is 0 Å². The van der Waals surface area contributed by atoms with Crippen molar-refractivity contribution in [3.8, 4) is 23.0 Å². The van der Waals surface area contributed by atoms with Gasteiger partial charge in [-0.1, -0.05) is 18.7 Å². The minimum absolute atomic E-state index is 0.0633. The van der Waals surface area contributed by atoms with Crippen LogP contribution in [0, 0.1) is 0 Å². The van der Waals surface area contributed by atoms with Crippen LogP contribution in [-0.2, 0) is 4.79 Å². The average Bonchev–Trinajstić information content (AvgIpc) is 2.66. The zero-order valence-electron chi connectivity index (χ0n) is 14.1. The van der Waals surface area contributed by atoms with Gasteiger partial charge >= 0.3 is 0 Å². The Kier molecular flexibility index (Phi) is 3.97. The lowest BCUT2D eigenvalue weighted by molar-refractivity contribution is -0.120. The number of carbonyl (C=O) groups is 2. The Labute approximate surface area is 154 Å². The van der Waals surface area contributed by atoms with Gasteiger partial charge in [0.1, 0.15) is 29.3 Å². The van der Waals surface area contributed by atoms with Crippen molar-refractivity contribution in [1.82, 2.24) is 0 Å². The number of aldehydes is 1. The molecule has 3 aromatic carbocycles. The van der Waals surface area contributed by atoms with Gasteiger partial charge in [0, 0.05) is 33.5 Å². The lowest BCUT2D eigenvalue weighted by Crippen LogP contribution is -2.19. The highest BCUT2D eigenvalue weighted by Crippen LogP contribution is 2.40. The van der Waals surface area contributed by atoms with Crippen LogP contribution in [0.3, 0.4) is 0 Å². The lowest BCUT2D eigenvalue weighted by atomic mass is 9.91. The van der Waals surface area contributed by atoms with E-state index in [9.17, 15) is 14.7 Å². The fourth-order valence-corrected chi connectivity index (χ4v) is 3.18. The standard InChI is InChI=1S/C22H14O5/c1-13-2-5-16-20(8-13)27-21-10-15(25)4-6-17(21)22(16)18-9-14(11-23)3-7-19(18)26-12-24/h2-12,25H,1H2. The van der Waals surface area contributed by atoms with E-state index in [-0.39, 0.29) is 5.75 Å². The summed E-state index contributed by atoms with van der Waals surface area (Å²) in [6.07, 6.45) is 0.728. The van der Waals surface area contributed by atoms with Crippen molar-refractivity contribution in [2.24, 2.45) is 0 Å². The first kappa shape index (κ1) is 16.6. The largest absolute Gasteiger partial charge is 0.508 e. The number of rotatable bonds is 4. The van der Waals surface area contributed by atoms with E-state index in [1.165, 1.54) is 6.07 Å². The van der Waals surface area contributed by atoms with Crippen LogP contribution in [0.2, 0.25) is 0 Å². The van der Waals surface area contributed by atoms with E-state index in [0.717, 1.165) is 22.3 Å². The molecule has 27 heavy (non-hydrogen) atoms. The summed E-state index contributed by atoms with van der Waals surface area (Å²) in [5, 5.41) is 11.4. The number of hydrogen-bond donors (Lipinski definition) is 1. The summed E-state index contributed by atoms with van der Waals surface area (Å²) in [6, 6.07) is 15.1. The van der Waals surface area contributed by atoms with Crippen molar-refractivity contribution < 1.29 is 24.2 Å². The molecule has 1 N–H and O–H groups in total. The van der Waals surface area contributed by atoms with Crippen LogP contribution in [0.5, 0.6) is 23.0 Å². The van der Waals surface area contributed by atoms with E-state index >= 15 is 0 Å². The third-order valence-corrected chi connectivity index (χ3v) is 4.35. The Hall–Kier alpha value is -3.86. The van der Waals surface area contributed by atoms with Gasteiger partial charge in [-0.15, -0.1) is 0 Å². The van der Waals surface area contributed by atoms with Gasteiger partial charge in [0.05, 0.1) is 0 Å². The van der Waals surface area contributed by atoms with Crippen LogP contribution < -0.4 is 19.9 Å². The molecule has 0 spiro atoms. The van der Waals surface area contributed by atoms with Crippen molar-refractivity contribution in [1.29, 1.82) is 0 Å². The molecule has 0 radical (unpaired) electrons. The molecule has 0 atom stereocenters. The predicted molar refractivity (Wildman–Crippen MR) is 99.5 cm³/mol. The highest BCUT2D eigenvalue weighted by Gasteiger charge is 2.23. The van der Waals surface area contributed by atoms with Gasteiger partial charge in [0.25, 0.3) is 6.47 Å². The molecule has 0 aromatic heterocycles. The van der Waals surface area contributed by atoms with E-state index in [2.05, 4.69) is 6.58 Å². The van der Waals surface area contributed by atoms with E-state index in [1.807, 2.05) is 12.1 Å². The maximum atomic E-state index is 11.3. The summed E-state index contributed by atoms with van der Waals surface area (Å²) in [4.78, 5) is 22.3. The molecule has 5 heteroatoms. The van der Waals surface area contributed by atoms with Crippen molar-refractivity contribution >= 4 is 24.9 Å². The number of carbonyl (C=O) groups excluding carboxylic acids is 2. The topological polar surface area (TPSA) is 72.8 Å². The minimum atomic E-state index is 0.0633. The molecule has 3 aromatic rings. The summed E-state index contributed by atoms with van der Waals surface area (Å²) in [5.74, 6) is 1.39. The number of phenols is 1. The van der Waals surface area contributed by atoms with E-state index in [0.29, 0.717) is 40.4 Å². The van der Waals surface area contributed by atoms with Crippen LogP contribution in [0.4, 0.5) is 0 Å². The van der Waals surface area contributed by atoms with Crippen molar-refractivity contribution in [2.45, 2.75) is 0 Å². The summed E-state index contributed by atoms with van der Waals surface area (Å²) in [6.45, 7) is 4.26. The Morgan fingerprint density at radius 3 is 2.56 bits per heavy atom. The molecule has 0 unspecified atom stereocenters. The highest BCUT2D eigenvalue weighted by atomic mass is 16.5. The first-order chi connectivity index (χ1) is 13.1. The van der Waals surface area contributed by atoms with Gasteiger partial charge in [0.15, 0.2) is 0 Å². The molecular formula is C22H14O5. The zero-order chi connectivity index (χ0) is 19.0. The molecule has 0 fully saturated rings. The second-order valence-corrected chi connectivity index (χ2v) is 6.08. The summed E-state index contributed by atoms with van der Waals surface area (Å²) in [5.41, 5.74) is 2.45. The normalized spacial score (nSPS) is 11.8. The number of phenolic OH excluding ortho intramolecular Hbond substituents is 1. The minimum Gasteiger partial charge on any atom is -0.508 e. The number of aromatic hydroxyl groups is 1. The number of ether oxygens (including phenoxy) is 2. The maximum absolute atomic E-state index is 11.3. The molecule has 0 amide bonds. The quantitative estimate of drug-likeness (QED) is 0.568. The number of hydrogen-bond acceptors (Lipinski definition) is 5. The maximum Gasteiger partial charge on any atom is 0.298 e. The molecule has 5 nitrogen and oxygen atoms in total. The lowest BCUT2D eigenvalue weighted by Gasteiger charge is -2.22. The Balaban J connectivity index is 2.14. The van der Waals surface area contributed by atoms with Gasteiger partial charge in [-0.05, 0) is 41.6 Å². The van der Waals surface area contributed by atoms with Crippen molar-refractivity contribution in [3.05, 3.63) is 81.7 Å². The summed E-state index contributed by atoms with van der Waals surface area (Å²) in [7, 11) is 0. The molecule has 1 aliphatic rings. The first-order valence-electron chi connectivity index (χ1n) is 8.15. The number of benzene rings is 3. The predicted octanol–water partition coefficient (Wildman–Crippen LogP) is 2.50. The molecular weight excluding hydrogens is 344 g/mol. The zero-order valence-corrected chi connectivity index (χ0v) is 14.1. The van der Waals surface area contributed by atoms with E-state index < -0.39 is 0 Å². The van der Waals surface area contributed by atoms with E-state index in [4.69, 9.17) is 9.47 Å². The second-order valence-electron chi connectivity index (χ2n) is 6.08. The molecule has 1 heterocycles. The molecule has 0 saturated carbocycles. The van der Waals surface area contributed by atoms with Gasteiger partial charge < -0.3 is 14.6 Å². The van der Waals surface area contributed by atoms with Gasteiger partial charge in [-0.2, -0.15) is 0 Å². The Morgan fingerprint density at radius 2 is 1.78 bits per heavy atom. The molecule has 0 aliphatic carbocycles. The number of fused-ring (bicyclic) bond motifs is 2. The monoisotopic (exact) mass is 358 g/mol.